The van der Waals surface area contributed by atoms with Gasteiger partial charge in [-0.2, -0.15) is 0 Å². The van der Waals surface area contributed by atoms with E-state index >= 15 is 0 Å². The number of amides is 2. The van der Waals surface area contributed by atoms with Crippen molar-refractivity contribution in [2.24, 2.45) is 0 Å². The molecule has 28 heavy (non-hydrogen) atoms. The van der Waals surface area contributed by atoms with Crippen molar-refractivity contribution in [2.45, 2.75) is 57.6 Å². The van der Waals surface area contributed by atoms with Crippen molar-refractivity contribution in [2.75, 3.05) is 32.7 Å². The number of likely N-dealkylation sites (tertiary alicyclic amines) is 2. The Bertz CT molecular complexity index is 705. The van der Waals surface area contributed by atoms with Crippen LogP contribution in [-0.4, -0.2) is 81.1 Å². The van der Waals surface area contributed by atoms with E-state index in [-0.39, 0.29) is 17.9 Å². The maximum absolute atomic E-state index is 12.7. The molecule has 0 spiro atoms. The molecule has 2 aliphatic heterocycles. The van der Waals surface area contributed by atoms with Crippen molar-refractivity contribution in [3.8, 4) is 0 Å². The van der Waals surface area contributed by atoms with Gasteiger partial charge in [-0.1, -0.05) is 0 Å². The second-order valence-corrected chi connectivity index (χ2v) is 8.11. The Labute approximate surface area is 166 Å². The van der Waals surface area contributed by atoms with E-state index in [4.69, 9.17) is 0 Å². The first-order valence-corrected chi connectivity index (χ1v) is 10.2. The van der Waals surface area contributed by atoms with Gasteiger partial charge in [0.15, 0.2) is 0 Å². The first kappa shape index (κ1) is 20.7. The molecule has 0 aliphatic carbocycles. The molecule has 8 heteroatoms. The van der Waals surface area contributed by atoms with Gasteiger partial charge in [0.1, 0.15) is 11.5 Å². The number of hydrogen-bond acceptors (Lipinski definition) is 6. The zero-order chi connectivity index (χ0) is 20.1. The molecular weight excluding hydrogens is 358 g/mol. The van der Waals surface area contributed by atoms with Crippen LogP contribution in [0.1, 0.15) is 55.3 Å². The van der Waals surface area contributed by atoms with Crippen LogP contribution in [-0.2, 0) is 4.79 Å². The smallest absolute Gasteiger partial charge is 0.272 e. The Morgan fingerprint density at radius 3 is 2.68 bits per heavy atom. The lowest BCUT2D eigenvalue weighted by molar-refractivity contribution is -0.120. The monoisotopic (exact) mass is 389 g/mol. The molecule has 3 rings (SSSR count). The molecule has 1 aromatic rings. The van der Waals surface area contributed by atoms with Gasteiger partial charge in [-0.3, -0.25) is 9.59 Å². The lowest BCUT2D eigenvalue weighted by Gasteiger charge is -2.38. The second kappa shape index (κ2) is 8.96. The van der Waals surface area contributed by atoms with Crippen molar-refractivity contribution >= 4 is 11.8 Å². The minimum Gasteiger partial charge on any atom is -0.388 e. The number of hydrogen-bond donors (Lipinski definition) is 2. The maximum Gasteiger partial charge on any atom is 0.272 e. The van der Waals surface area contributed by atoms with E-state index in [1.807, 2.05) is 0 Å². The molecular formula is C20H31N5O3. The fourth-order valence-electron chi connectivity index (χ4n) is 4.22. The molecule has 0 saturated carbocycles. The molecule has 1 atom stereocenters. The second-order valence-electron chi connectivity index (χ2n) is 8.11. The van der Waals surface area contributed by atoms with Crippen LogP contribution < -0.4 is 5.32 Å². The topological polar surface area (TPSA) is 98.7 Å². The third-order valence-corrected chi connectivity index (χ3v) is 5.71. The van der Waals surface area contributed by atoms with Gasteiger partial charge in [0.25, 0.3) is 5.91 Å². The summed E-state index contributed by atoms with van der Waals surface area (Å²) in [6, 6.07) is 1.88. The number of nitrogens with one attached hydrogen (secondary N) is 1. The Morgan fingerprint density at radius 2 is 2.00 bits per heavy atom. The number of carbonyl (C=O) groups is 2. The summed E-state index contributed by atoms with van der Waals surface area (Å²) in [6.45, 7) is 6.85. The van der Waals surface area contributed by atoms with Gasteiger partial charge in [-0.25, -0.2) is 9.97 Å². The van der Waals surface area contributed by atoms with Crippen LogP contribution >= 0.6 is 0 Å². The van der Waals surface area contributed by atoms with Crippen LogP contribution in [0.2, 0.25) is 0 Å². The number of nitrogens with zero attached hydrogens (tertiary/aromatic N) is 4. The van der Waals surface area contributed by atoms with Gasteiger partial charge in [0.05, 0.1) is 5.60 Å². The summed E-state index contributed by atoms with van der Waals surface area (Å²) in [5.74, 6) is 0.509. The summed E-state index contributed by atoms with van der Waals surface area (Å²) in [5.41, 5.74) is -0.365. The van der Waals surface area contributed by atoms with E-state index in [1.54, 1.807) is 31.0 Å². The number of piperidine rings is 1. The summed E-state index contributed by atoms with van der Waals surface area (Å²) in [7, 11) is 0. The summed E-state index contributed by atoms with van der Waals surface area (Å²) >= 11 is 0. The highest BCUT2D eigenvalue weighted by atomic mass is 16.3. The molecule has 1 aromatic heterocycles. The molecule has 8 nitrogen and oxygen atoms in total. The van der Waals surface area contributed by atoms with E-state index in [1.165, 1.54) is 0 Å². The maximum atomic E-state index is 12.7. The predicted octanol–water partition coefficient (Wildman–Crippen LogP) is 0.743. The molecule has 154 valence electrons. The van der Waals surface area contributed by atoms with Crippen LogP contribution in [0.4, 0.5) is 0 Å². The number of aryl methyl sites for hydroxylation is 1. The first-order valence-electron chi connectivity index (χ1n) is 10.2. The third-order valence-electron chi connectivity index (χ3n) is 5.71. The Hall–Kier alpha value is -2.06. The molecule has 2 N–H and O–H groups in total. The lowest BCUT2D eigenvalue weighted by Crippen LogP contribution is -2.50. The van der Waals surface area contributed by atoms with Gasteiger partial charge in [-0.05, 0) is 45.1 Å². The summed E-state index contributed by atoms with van der Waals surface area (Å²) in [4.78, 5) is 36.3. The largest absolute Gasteiger partial charge is 0.388 e. The van der Waals surface area contributed by atoms with E-state index in [9.17, 15) is 14.7 Å². The molecule has 2 amide bonds. The minimum atomic E-state index is -0.780. The van der Waals surface area contributed by atoms with Crippen molar-refractivity contribution in [3.05, 3.63) is 23.8 Å². The number of rotatable bonds is 4. The van der Waals surface area contributed by atoms with Crippen molar-refractivity contribution in [3.63, 3.8) is 0 Å². The van der Waals surface area contributed by atoms with Crippen molar-refractivity contribution in [1.29, 1.82) is 0 Å². The van der Waals surface area contributed by atoms with E-state index in [0.29, 0.717) is 44.0 Å². The fraction of sp³-hybridized carbons (Fsp3) is 0.700. The Balaban J connectivity index is 1.52. The number of aromatic nitrogens is 2. The molecule has 2 aliphatic rings. The highest BCUT2D eigenvalue weighted by Crippen LogP contribution is 2.25. The molecule has 2 saturated heterocycles. The highest BCUT2D eigenvalue weighted by molar-refractivity contribution is 5.92. The van der Waals surface area contributed by atoms with Crippen LogP contribution in [0.25, 0.3) is 0 Å². The van der Waals surface area contributed by atoms with Crippen LogP contribution in [0, 0.1) is 6.92 Å². The summed E-state index contributed by atoms with van der Waals surface area (Å²) < 4.78 is 0. The number of aliphatic hydroxyl groups is 1. The summed E-state index contributed by atoms with van der Waals surface area (Å²) in [5, 5.41) is 14.1. The molecule has 0 radical (unpaired) electrons. The molecule has 0 unspecified atom stereocenters. The van der Waals surface area contributed by atoms with E-state index in [2.05, 4.69) is 20.2 Å². The van der Waals surface area contributed by atoms with Crippen molar-refractivity contribution in [1.82, 2.24) is 25.1 Å². The average molecular weight is 390 g/mol. The third kappa shape index (κ3) is 5.48. The SMILES string of the molecule is CC(=O)NC1CCN(C[C@@]2(O)CCCN(C(=O)c3ccnc(C)n3)CC2)CC1. The molecule has 0 bridgehead atoms. The quantitative estimate of drug-likeness (QED) is 0.788. The van der Waals surface area contributed by atoms with E-state index < -0.39 is 5.60 Å². The first-order chi connectivity index (χ1) is 13.3. The van der Waals surface area contributed by atoms with Crippen LogP contribution in [0.5, 0.6) is 0 Å². The van der Waals surface area contributed by atoms with Gasteiger partial charge >= 0.3 is 0 Å². The normalized spacial score (nSPS) is 24.6. The zero-order valence-corrected chi connectivity index (χ0v) is 16.9. The number of β-amino-alcohol motifs (C(OH)–C–C–N with tert-alkyl or cyclic N) is 1. The predicted molar refractivity (Wildman–Crippen MR) is 105 cm³/mol. The molecule has 2 fully saturated rings. The van der Waals surface area contributed by atoms with Gasteiger partial charge in [0, 0.05) is 51.9 Å². The number of carbonyl (C=O) groups excluding carboxylic acids is 2. The van der Waals surface area contributed by atoms with Crippen molar-refractivity contribution < 1.29 is 14.7 Å². The van der Waals surface area contributed by atoms with Gasteiger partial charge in [0.2, 0.25) is 5.91 Å². The Kier molecular flexibility index (Phi) is 6.61. The molecule has 0 aromatic carbocycles. The lowest BCUT2D eigenvalue weighted by atomic mass is 9.93. The van der Waals surface area contributed by atoms with Gasteiger partial charge in [-0.15, -0.1) is 0 Å². The van der Waals surface area contributed by atoms with Crippen LogP contribution in [0.15, 0.2) is 12.3 Å². The highest BCUT2D eigenvalue weighted by Gasteiger charge is 2.34. The Morgan fingerprint density at radius 1 is 1.25 bits per heavy atom. The minimum absolute atomic E-state index is 0.0180. The van der Waals surface area contributed by atoms with E-state index in [0.717, 1.165) is 32.4 Å². The van der Waals surface area contributed by atoms with Crippen LogP contribution in [0.3, 0.4) is 0 Å². The summed E-state index contributed by atoms with van der Waals surface area (Å²) in [6.07, 6.45) is 5.45. The molecule has 3 heterocycles. The zero-order valence-electron chi connectivity index (χ0n) is 16.9. The fourth-order valence-corrected chi connectivity index (χ4v) is 4.22. The average Bonchev–Trinajstić information content (AvgIpc) is 2.84. The standard InChI is InChI=1S/C20H31N5O3/c1-15-21-9-4-18(22-15)19(27)25-10-3-7-20(28,8-13-25)14-24-11-5-17(6-12-24)23-16(2)26/h4,9,17,28H,3,5-8,10-14H2,1-2H3,(H,23,26)/t20-/m1/s1. The van der Waals surface area contributed by atoms with Gasteiger partial charge < -0.3 is 20.2 Å².